The van der Waals surface area contributed by atoms with Crippen LogP contribution in [-0.2, 0) is 10.0 Å². The molecule has 1 aromatic heterocycles. The van der Waals surface area contributed by atoms with Crippen molar-refractivity contribution >= 4 is 26.0 Å². The molecule has 4 aromatic rings. The molecule has 2 N–H and O–H groups in total. The maximum atomic E-state index is 12.5. The lowest BCUT2D eigenvalue weighted by molar-refractivity contribution is 0.426. The third-order valence-corrected chi connectivity index (χ3v) is 6.77. The summed E-state index contributed by atoms with van der Waals surface area (Å²) in [6, 6.07) is 20.9. The predicted octanol–water partition coefficient (Wildman–Crippen LogP) is 5.70. The summed E-state index contributed by atoms with van der Waals surface area (Å²) in [5.74, 6) is 0.324. The molecule has 0 fully saturated rings. The Balaban J connectivity index is 2.20. The van der Waals surface area contributed by atoms with Crippen LogP contribution in [0.25, 0.3) is 33.6 Å². The van der Waals surface area contributed by atoms with E-state index in [0.717, 1.165) is 22.3 Å². The summed E-state index contributed by atoms with van der Waals surface area (Å²) in [5.41, 5.74) is 5.48. The van der Waals surface area contributed by atoms with Gasteiger partial charge in [0.15, 0.2) is 5.76 Å². The number of aryl methyl sites for hydroxylation is 2. The number of primary sulfonamides is 1. The van der Waals surface area contributed by atoms with Crippen LogP contribution in [0.15, 0.2) is 80.6 Å². The maximum absolute atomic E-state index is 12.5. The number of nitrogens with two attached hydrogens (primary N) is 1. The molecule has 0 amide bonds. The van der Waals surface area contributed by atoms with E-state index in [1.807, 2.05) is 55.5 Å². The van der Waals surface area contributed by atoms with Gasteiger partial charge in [-0.25, -0.2) is 13.6 Å². The number of sulfonamides is 1. The highest BCUT2D eigenvalue weighted by molar-refractivity contribution is 9.10. The zero-order valence-corrected chi connectivity index (χ0v) is 18.8. The van der Waals surface area contributed by atoms with Crippen LogP contribution in [0.2, 0.25) is 0 Å². The molecular formula is C23H19BrN2O3S. The van der Waals surface area contributed by atoms with E-state index < -0.39 is 10.0 Å². The maximum Gasteiger partial charge on any atom is 0.238 e. The quantitative estimate of drug-likeness (QED) is 0.403. The molecule has 0 bridgehead atoms. The zero-order valence-electron chi connectivity index (χ0n) is 16.4. The van der Waals surface area contributed by atoms with E-state index in [2.05, 4.69) is 27.2 Å². The van der Waals surface area contributed by atoms with Crippen molar-refractivity contribution in [2.24, 2.45) is 5.14 Å². The zero-order chi connectivity index (χ0) is 21.5. The lowest BCUT2D eigenvalue weighted by atomic mass is 9.89. The summed E-state index contributed by atoms with van der Waals surface area (Å²) < 4.78 is 31.2. The summed E-state index contributed by atoms with van der Waals surface area (Å²) in [7, 11) is -4.04. The average molecular weight is 483 g/mol. The third kappa shape index (κ3) is 3.71. The van der Waals surface area contributed by atoms with Crippen molar-refractivity contribution < 1.29 is 12.9 Å². The predicted molar refractivity (Wildman–Crippen MR) is 121 cm³/mol. The Bertz CT molecular complexity index is 1350. The molecular weight excluding hydrogens is 464 g/mol. The van der Waals surface area contributed by atoms with Crippen LogP contribution < -0.4 is 5.14 Å². The molecule has 3 aromatic carbocycles. The number of aromatic nitrogens is 1. The van der Waals surface area contributed by atoms with Gasteiger partial charge in [-0.05, 0) is 52.5 Å². The number of rotatable bonds is 4. The Morgan fingerprint density at radius 1 is 0.900 bits per heavy atom. The van der Waals surface area contributed by atoms with E-state index in [4.69, 9.17) is 9.66 Å². The van der Waals surface area contributed by atoms with Gasteiger partial charge >= 0.3 is 0 Å². The van der Waals surface area contributed by atoms with Crippen molar-refractivity contribution in [2.45, 2.75) is 18.7 Å². The summed E-state index contributed by atoms with van der Waals surface area (Å²) in [4.78, 5) is -0.0189. The van der Waals surface area contributed by atoms with Gasteiger partial charge in [0.1, 0.15) is 0 Å². The van der Waals surface area contributed by atoms with E-state index in [1.165, 1.54) is 6.07 Å². The Kier molecular flexibility index (Phi) is 5.36. The van der Waals surface area contributed by atoms with Crippen LogP contribution >= 0.6 is 15.9 Å². The standard InChI is InChI=1S/C23H19BrN2O3S/c1-14-7-6-10-17(13-14)18-11-12-19(30(25,27)28)21(23-22(24)15(2)26-29-23)20(18)16-8-4-3-5-9-16/h3-13H,1-2H3,(H2,25,27,28). The van der Waals surface area contributed by atoms with Crippen molar-refractivity contribution in [1.82, 2.24) is 5.16 Å². The lowest BCUT2D eigenvalue weighted by Gasteiger charge is -2.18. The van der Waals surface area contributed by atoms with Crippen LogP contribution in [-0.4, -0.2) is 13.6 Å². The van der Waals surface area contributed by atoms with Crippen molar-refractivity contribution in [3.8, 4) is 33.6 Å². The first-order valence-electron chi connectivity index (χ1n) is 9.22. The molecule has 0 aliphatic rings. The first kappa shape index (κ1) is 20.5. The van der Waals surface area contributed by atoms with Crippen molar-refractivity contribution in [1.29, 1.82) is 0 Å². The van der Waals surface area contributed by atoms with Gasteiger partial charge in [0.25, 0.3) is 0 Å². The van der Waals surface area contributed by atoms with Crippen molar-refractivity contribution in [3.63, 3.8) is 0 Å². The fourth-order valence-corrected chi connectivity index (χ4v) is 4.60. The van der Waals surface area contributed by atoms with Crippen LogP contribution in [0.3, 0.4) is 0 Å². The van der Waals surface area contributed by atoms with Gasteiger partial charge in [-0.2, -0.15) is 0 Å². The molecule has 0 atom stereocenters. The second-order valence-electron chi connectivity index (χ2n) is 7.05. The molecule has 4 rings (SSSR count). The summed E-state index contributed by atoms with van der Waals surface area (Å²) >= 11 is 3.50. The van der Waals surface area contributed by atoms with Gasteiger partial charge < -0.3 is 4.52 Å². The van der Waals surface area contributed by atoms with Gasteiger partial charge in [-0.1, -0.05) is 71.4 Å². The Morgan fingerprint density at radius 3 is 2.20 bits per heavy atom. The van der Waals surface area contributed by atoms with E-state index >= 15 is 0 Å². The van der Waals surface area contributed by atoms with Gasteiger partial charge in [0, 0.05) is 11.1 Å². The minimum absolute atomic E-state index is 0.0189. The monoisotopic (exact) mass is 482 g/mol. The van der Waals surface area contributed by atoms with Crippen molar-refractivity contribution in [3.05, 3.63) is 82.5 Å². The first-order chi connectivity index (χ1) is 14.3. The molecule has 152 valence electrons. The summed E-state index contributed by atoms with van der Waals surface area (Å²) in [6.07, 6.45) is 0. The first-order valence-corrected chi connectivity index (χ1v) is 11.6. The van der Waals surface area contributed by atoms with Gasteiger partial charge in [-0.15, -0.1) is 0 Å². The smallest absolute Gasteiger partial charge is 0.238 e. The molecule has 0 unspecified atom stereocenters. The second-order valence-corrected chi connectivity index (χ2v) is 9.38. The number of hydrogen-bond acceptors (Lipinski definition) is 4. The minimum Gasteiger partial charge on any atom is -0.355 e. The van der Waals surface area contributed by atoms with Crippen LogP contribution in [0.4, 0.5) is 0 Å². The number of nitrogens with zero attached hydrogens (tertiary/aromatic N) is 1. The highest BCUT2D eigenvalue weighted by Crippen LogP contribution is 2.46. The van der Waals surface area contributed by atoms with E-state index in [1.54, 1.807) is 13.0 Å². The highest BCUT2D eigenvalue weighted by Gasteiger charge is 2.28. The Morgan fingerprint density at radius 2 is 1.60 bits per heavy atom. The molecule has 1 heterocycles. The molecule has 0 saturated heterocycles. The molecule has 0 radical (unpaired) electrons. The molecule has 0 aliphatic heterocycles. The number of benzene rings is 3. The fourth-order valence-electron chi connectivity index (χ4n) is 3.52. The molecule has 5 nitrogen and oxygen atoms in total. The topological polar surface area (TPSA) is 86.2 Å². The van der Waals surface area contributed by atoms with Crippen molar-refractivity contribution in [2.75, 3.05) is 0 Å². The minimum atomic E-state index is -4.04. The van der Waals surface area contributed by atoms with E-state index in [9.17, 15) is 8.42 Å². The molecule has 7 heteroatoms. The summed E-state index contributed by atoms with van der Waals surface area (Å²) in [5, 5.41) is 9.62. The van der Waals surface area contributed by atoms with E-state index in [-0.39, 0.29) is 4.90 Å². The normalized spacial score (nSPS) is 11.6. The number of hydrogen-bond donors (Lipinski definition) is 1. The summed E-state index contributed by atoms with van der Waals surface area (Å²) in [6.45, 7) is 3.79. The Labute approximate surface area is 183 Å². The molecule has 30 heavy (non-hydrogen) atoms. The van der Waals surface area contributed by atoms with Crippen LogP contribution in [0.1, 0.15) is 11.3 Å². The third-order valence-electron chi connectivity index (χ3n) is 4.88. The fraction of sp³-hybridized carbons (Fsp3) is 0.0870. The lowest BCUT2D eigenvalue weighted by Crippen LogP contribution is -2.14. The largest absolute Gasteiger partial charge is 0.355 e. The highest BCUT2D eigenvalue weighted by atomic mass is 79.9. The Hall–Kier alpha value is -2.74. The van der Waals surface area contributed by atoms with Gasteiger partial charge in [0.05, 0.1) is 15.1 Å². The SMILES string of the molecule is Cc1cccc(-c2ccc(S(N)(=O)=O)c(-c3onc(C)c3Br)c2-c2ccccc2)c1. The molecule has 0 saturated carbocycles. The molecule has 0 spiro atoms. The second kappa shape index (κ2) is 7.83. The van der Waals surface area contributed by atoms with Crippen LogP contribution in [0, 0.1) is 13.8 Å². The van der Waals surface area contributed by atoms with Crippen LogP contribution in [0.5, 0.6) is 0 Å². The van der Waals surface area contributed by atoms with Gasteiger partial charge in [0.2, 0.25) is 10.0 Å². The van der Waals surface area contributed by atoms with E-state index in [0.29, 0.717) is 27.1 Å². The van der Waals surface area contributed by atoms with Gasteiger partial charge in [-0.3, -0.25) is 0 Å². The molecule has 0 aliphatic carbocycles. The average Bonchev–Trinajstić information content (AvgIpc) is 3.05. The number of halogens is 1.